The van der Waals surface area contributed by atoms with Crippen molar-refractivity contribution in [2.75, 3.05) is 13.6 Å². The highest BCUT2D eigenvalue weighted by Crippen LogP contribution is 2.30. The number of rotatable bonds is 7. The van der Waals surface area contributed by atoms with Crippen molar-refractivity contribution >= 4 is 17.8 Å². The van der Waals surface area contributed by atoms with Crippen molar-refractivity contribution in [1.29, 1.82) is 0 Å². The van der Waals surface area contributed by atoms with Gasteiger partial charge in [0.1, 0.15) is 17.8 Å². The summed E-state index contributed by atoms with van der Waals surface area (Å²) in [7, 11) is 1.59. The predicted molar refractivity (Wildman–Crippen MR) is 104 cm³/mol. The van der Waals surface area contributed by atoms with E-state index in [0.29, 0.717) is 12.1 Å². The highest BCUT2D eigenvalue weighted by molar-refractivity contribution is 6.09. The largest absolute Gasteiger partial charge is 0.435 e. The fourth-order valence-corrected chi connectivity index (χ4v) is 3.21. The molecule has 7 nitrogen and oxygen atoms in total. The Hall–Kier alpha value is -3.49. The number of likely N-dealkylation sites (N-methyl/N-ethyl adjacent to an activating group) is 1. The zero-order valence-corrected chi connectivity index (χ0v) is 16.5. The molecule has 1 atom stereocenters. The zero-order valence-electron chi connectivity index (χ0n) is 16.5. The van der Waals surface area contributed by atoms with Crippen molar-refractivity contribution in [3.05, 3.63) is 65.7 Å². The first-order chi connectivity index (χ1) is 14.2. The molecule has 0 radical (unpaired) electrons. The van der Waals surface area contributed by atoms with Gasteiger partial charge in [-0.3, -0.25) is 14.5 Å². The lowest BCUT2D eigenvalue weighted by Crippen LogP contribution is -2.43. The summed E-state index contributed by atoms with van der Waals surface area (Å²) in [6.07, 6.45) is 0. The minimum Gasteiger partial charge on any atom is -0.435 e. The molecule has 0 aromatic heterocycles. The van der Waals surface area contributed by atoms with Crippen LogP contribution in [0.2, 0.25) is 0 Å². The molecule has 30 heavy (non-hydrogen) atoms. The fourth-order valence-electron chi connectivity index (χ4n) is 3.21. The number of carbonyl (C=O) groups is 3. The van der Waals surface area contributed by atoms with E-state index >= 15 is 0 Å². The molecule has 0 saturated carbocycles. The number of halogens is 2. The highest BCUT2D eigenvalue weighted by Gasteiger charge is 2.49. The molecular weight excluding hydrogens is 396 g/mol. The van der Waals surface area contributed by atoms with E-state index in [0.717, 1.165) is 10.5 Å². The van der Waals surface area contributed by atoms with Crippen LogP contribution in [0.4, 0.5) is 13.6 Å². The van der Waals surface area contributed by atoms with Crippen LogP contribution in [0.1, 0.15) is 18.1 Å². The summed E-state index contributed by atoms with van der Waals surface area (Å²) in [5, 5.41) is 2.58. The Morgan fingerprint density at radius 3 is 2.37 bits per heavy atom. The number of urea groups is 1. The Kier molecular flexibility index (Phi) is 6.00. The molecule has 2 aromatic rings. The highest BCUT2D eigenvalue weighted by atomic mass is 19.3. The monoisotopic (exact) mass is 417 g/mol. The van der Waals surface area contributed by atoms with Crippen molar-refractivity contribution in [1.82, 2.24) is 15.1 Å². The van der Waals surface area contributed by atoms with Gasteiger partial charge in [0, 0.05) is 13.6 Å². The Balaban J connectivity index is 1.69. The summed E-state index contributed by atoms with van der Waals surface area (Å²) in [5.41, 5.74) is -0.116. The first-order valence-corrected chi connectivity index (χ1v) is 9.18. The van der Waals surface area contributed by atoms with Crippen LogP contribution >= 0.6 is 0 Å². The lowest BCUT2D eigenvalue weighted by molar-refractivity contribution is -0.138. The molecule has 158 valence electrons. The van der Waals surface area contributed by atoms with Gasteiger partial charge in [0.15, 0.2) is 0 Å². The normalized spacial score (nSPS) is 18.5. The van der Waals surface area contributed by atoms with Gasteiger partial charge in [-0.25, -0.2) is 4.79 Å². The number of nitrogens with zero attached hydrogens (tertiary/aromatic N) is 2. The molecule has 1 N–H and O–H groups in total. The number of carbonyl (C=O) groups excluding carboxylic acids is 3. The molecule has 1 fully saturated rings. The van der Waals surface area contributed by atoms with Gasteiger partial charge in [-0.1, -0.05) is 42.5 Å². The van der Waals surface area contributed by atoms with Gasteiger partial charge < -0.3 is 15.0 Å². The van der Waals surface area contributed by atoms with Crippen LogP contribution in [0, 0.1) is 0 Å². The number of amides is 4. The molecule has 1 aliphatic heterocycles. The number of ether oxygens (including phenoxy) is 1. The third kappa shape index (κ3) is 4.40. The van der Waals surface area contributed by atoms with E-state index in [1.54, 1.807) is 7.05 Å². The van der Waals surface area contributed by atoms with Crippen LogP contribution < -0.4 is 10.1 Å². The number of benzene rings is 2. The number of imide groups is 1. The first kappa shape index (κ1) is 21.2. The van der Waals surface area contributed by atoms with Gasteiger partial charge in [-0.2, -0.15) is 8.78 Å². The smallest absolute Gasteiger partial charge is 0.387 e. The zero-order chi connectivity index (χ0) is 21.9. The van der Waals surface area contributed by atoms with Crippen LogP contribution in [0.5, 0.6) is 5.75 Å². The Morgan fingerprint density at radius 2 is 1.77 bits per heavy atom. The van der Waals surface area contributed by atoms with Crippen molar-refractivity contribution in [2.24, 2.45) is 0 Å². The van der Waals surface area contributed by atoms with Crippen molar-refractivity contribution in [2.45, 2.75) is 25.6 Å². The Bertz CT molecular complexity index is 937. The molecule has 1 saturated heterocycles. The maximum Gasteiger partial charge on any atom is 0.387 e. The summed E-state index contributed by atoms with van der Waals surface area (Å²) in [6, 6.07) is 14.0. The number of hydrogen-bond donors (Lipinski definition) is 1. The Morgan fingerprint density at radius 1 is 1.13 bits per heavy atom. The molecule has 1 heterocycles. The third-order valence-corrected chi connectivity index (χ3v) is 4.91. The van der Waals surface area contributed by atoms with Gasteiger partial charge >= 0.3 is 12.6 Å². The molecule has 0 spiro atoms. The lowest BCUT2D eigenvalue weighted by atomic mass is 9.92. The summed E-state index contributed by atoms with van der Waals surface area (Å²) in [4.78, 5) is 40.2. The number of hydrogen-bond acceptors (Lipinski definition) is 4. The van der Waals surface area contributed by atoms with Crippen LogP contribution in [0.25, 0.3) is 0 Å². The second-order valence-electron chi connectivity index (χ2n) is 7.08. The second-order valence-corrected chi connectivity index (χ2v) is 7.08. The van der Waals surface area contributed by atoms with E-state index in [2.05, 4.69) is 10.1 Å². The maximum atomic E-state index is 12.9. The molecule has 0 unspecified atom stereocenters. The number of nitrogens with one attached hydrogen (secondary N) is 1. The van der Waals surface area contributed by atoms with E-state index in [-0.39, 0.29) is 5.75 Å². The summed E-state index contributed by atoms with van der Waals surface area (Å²) < 4.78 is 28.9. The molecule has 4 amide bonds. The van der Waals surface area contributed by atoms with Gasteiger partial charge in [-0.05, 0) is 30.2 Å². The molecule has 2 aromatic carbocycles. The summed E-state index contributed by atoms with van der Waals surface area (Å²) >= 11 is 0. The average molecular weight is 417 g/mol. The van der Waals surface area contributed by atoms with Crippen LogP contribution in [0.15, 0.2) is 54.6 Å². The van der Waals surface area contributed by atoms with Crippen LogP contribution in [-0.4, -0.2) is 47.8 Å². The number of alkyl halides is 2. The van der Waals surface area contributed by atoms with E-state index < -0.39 is 36.5 Å². The van der Waals surface area contributed by atoms with E-state index in [9.17, 15) is 23.2 Å². The van der Waals surface area contributed by atoms with Crippen LogP contribution in [0.3, 0.4) is 0 Å². The van der Waals surface area contributed by atoms with Gasteiger partial charge in [0.2, 0.25) is 5.91 Å². The molecule has 0 bridgehead atoms. The van der Waals surface area contributed by atoms with E-state index in [1.807, 2.05) is 30.3 Å². The van der Waals surface area contributed by atoms with Crippen molar-refractivity contribution < 1.29 is 27.9 Å². The molecule has 9 heteroatoms. The van der Waals surface area contributed by atoms with Crippen molar-refractivity contribution in [3.63, 3.8) is 0 Å². The summed E-state index contributed by atoms with van der Waals surface area (Å²) in [6.45, 7) is -1.54. The Labute approximate surface area is 172 Å². The third-order valence-electron chi connectivity index (χ3n) is 4.91. The average Bonchev–Trinajstić information content (AvgIpc) is 2.92. The molecule has 3 rings (SSSR count). The van der Waals surface area contributed by atoms with Gasteiger partial charge in [0.05, 0.1) is 0 Å². The minimum atomic E-state index is -2.96. The predicted octanol–water partition coefficient (Wildman–Crippen LogP) is 2.71. The molecule has 1 aliphatic rings. The molecular formula is C21H21F2N3O4. The standard InChI is InChI=1S/C21H21F2N3O4/c1-21(15-8-10-16(11-9-15)30-19(22)23)18(28)26(20(29)24-21)13-17(27)25(2)12-14-6-4-3-5-7-14/h3-11,19H,12-13H2,1-2H3,(H,24,29)/t21-/m1/s1. The van der Waals surface area contributed by atoms with Gasteiger partial charge in [-0.15, -0.1) is 0 Å². The van der Waals surface area contributed by atoms with Crippen LogP contribution in [-0.2, 0) is 21.7 Å². The summed E-state index contributed by atoms with van der Waals surface area (Å²) in [5.74, 6) is -1.06. The van der Waals surface area contributed by atoms with E-state index in [1.165, 1.54) is 36.1 Å². The van der Waals surface area contributed by atoms with Gasteiger partial charge in [0.25, 0.3) is 5.91 Å². The van der Waals surface area contributed by atoms with Crippen molar-refractivity contribution in [3.8, 4) is 5.75 Å². The van der Waals surface area contributed by atoms with E-state index in [4.69, 9.17) is 0 Å². The first-order valence-electron chi connectivity index (χ1n) is 9.18. The topological polar surface area (TPSA) is 79.0 Å². The quantitative estimate of drug-likeness (QED) is 0.703. The maximum absolute atomic E-state index is 12.9. The lowest BCUT2D eigenvalue weighted by Gasteiger charge is -2.23. The minimum absolute atomic E-state index is 0.0660. The molecule has 0 aliphatic carbocycles. The SMILES string of the molecule is CN(Cc1ccccc1)C(=O)CN1C(=O)N[C@](C)(c2ccc(OC(F)F)cc2)C1=O. The second kappa shape index (κ2) is 8.48. The fraction of sp³-hybridized carbons (Fsp3) is 0.286.